The molecule has 1 aliphatic carbocycles. The van der Waals surface area contributed by atoms with Gasteiger partial charge in [0, 0.05) is 19.4 Å². The van der Waals surface area contributed by atoms with Crippen molar-refractivity contribution in [3.63, 3.8) is 0 Å². The summed E-state index contributed by atoms with van der Waals surface area (Å²) in [7, 11) is 0. The van der Waals surface area contributed by atoms with Crippen molar-refractivity contribution in [2.45, 2.75) is 56.9 Å². The van der Waals surface area contributed by atoms with Crippen LogP contribution in [0.15, 0.2) is 25.3 Å². The van der Waals surface area contributed by atoms with Crippen molar-refractivity contribution in [3.8, 4) is 0 Å². The number of halogens is 2. The number of aromatic nitrogens is 2. The van der Waals surface area contributed by atoms with E-state index in [4.69, 9.17) is 0 Å². The smallest absolute Gasteiger partial charge is 0.270 e. The molecule has 1 N–H and O–H groups in total. The maximum atomic E-state index is 13.7. The number of aryl methyl sites for hydroxylation is 1. The van der Waals surface area contributed by atoms with Gasteiger partial charge in [0.25, 0.3) is 11.8 Å². The van der Waals surface area contributed by atoms with Crippen LogP contribution in [-0.4, -0.2) is 57.5 Å². The lowest BCUT2D eigenvalue weighted by atomic mass is 9.94. The third kappa shape index (κ3) is 4.66. The Labute approximate surface area is 173 Å². The molecule has 1 fully saturated rings. The zero-order valence-electron chi connectivity index (χ0n) is 16.8. The molecule has 162 valence electrons. The summed E-state index contributed by atoms with van der Waals surface area (Å²) in [6.45, 7) is 6.11. The molecule has 1 aromatic rings. The third-order valence-electron chi connectivity index (χ3n) is 5.60. The number of rotatable bonds is 7. The fraction of sp³-hybridized carbons (Fsp3) is 0.524. The SMILES string of the molecule is C=CC(=O)N1CC(F)(F)C[C@H]1CNC(=O)CCc1c2c(nn1C(=O)C=C)CCCC2. The molecule has 2 aliphatic rings. The van der Waals surface area contributed by atoms with E-state index in [1.54, 1.807) is 0 Å². The average Bonchev–Trinajstić information content (AvgIpc) is 3.26. The molecule has 2 amide bonds. The first-order valence-electron chi connectivity index (χ1n) is 10.1. The van der Waals surface area contributed by atoms with E-state index in [0.29, 0.717) is 12.1 Å². The Bertz CT molecular complexity index is 878. The molecular weight excluding hydrogens is 394 g/mol. The highest BCUT2D eigenvalue weighted by atomic mass is 19.3. The number of hydrogen-bond donors (Lipinski definition) is 1. The fourth-order valence-electron chi connectivity index (χ4n) is 4.15. The Hall–Kier alpha value is -2.84. The number of hydrogen-bond acceptors (Lipinski definition) is 4. The van der Waals surface area contributed by atoms with E-state index in [0.717, 1.165) is 47.9 Å². The first kappa shape index (κ1) is 21.9. The fourth-order valence-corrected chi connectivity index (χ4v) is 4.15. The predicted molar refractivity (Wildman–Crippen MR) is 106 cm³/mol. The highest BCUT2D eigenvalue weighted by Crippen LogP contribution is 2.32. The van der Waals surface area contributed by atoms with Gasteiger partial charge in [-0.1, -0.05) is 13.2 Å². The summed E-state index contributed by atoms with van der Waals surface area (Å²) in [4.78, 5) is 37.4. The van der Waals surface area contributed by atoms with Crippen molar-refractivity contribution in [2.75, 3.05) is 13.1 Å². The number of alkyl halides is 2. The van der Waals surface area contributed by atoms with Crippen LogP contribution in [0.25, 0.3) is 0 Å². The molecule has 1 atom stereocenters. The number of likely N-dealkylation sites (tertiary alicyclic amines) is 1. The molecule has 7 nitrogen and oxygen atoms in total. The molecule has 0 saturated carbocycles. The van der Waals surface area contributed by atoms with Gasteiger partial charge in [-0.2, -0.15) is 5.10 Å². The first-order chi connectivity index (χ1) is 14.3. The van der Waals surface area contributed by atoms with Gasteiger partial charge in [-0.05, 0) is 49.8 Å². The van der Waals surface area contributed by atoms with Crippen molar-refractivity contribution in [1.29, 1.82) is 0 Å². The molecule has 9 heteroatoms. The molecule has 0 unspecified atom stereocenters. The van der Waals surface area contributed by atoms with Crippen LogP contribution in [0.2, 0.25) is 0 Å². The Morgan fingerprint density at radius 3 is 2.57 bits per heavy atom. The van der Waals surface area contributed by atoms with E-state index >= 15 is 0 Å². The Morgan fingerprint density at radius 2 is 1.87 bits per heavy atom. The van der Waals surface area contributed by atoms with Crippen molar-refractivity contribution >= 4 is 17.7 Å². The highest BCUT2D eigenvalue weighted by molar-refractivity contribution is 5.89. The minimum absolute atomic E-state index is 0.0586. The number of nitrogens with zero attached hydrogens (tertiary/aromatic N) is 3. The number of carbonyl (C=O) groups excluding carboxylic acids is 3. The molecular formula is C21H26F2N4O3. The molecule has 0 radical (unpaired) electrons. The summed E-state index contributed by atoms with van der Waals surface area (Å²) in [5.41, 5.74) is 2.61. The lowest BCUT2D eigenvalue weighted by Crippen LogP contribution is -2.42. The van der Waals surface area contributed by atoms with Crippen molar-refractivity contribution < 1.29 is 23.2 Å². The zero-order chi connectivity index (χ0) is 21.9. The van der Waals surface area contributed by atoms with Gasteiger partial charge in [-0.15, -0.1) is 0 Å². The molecule has 3 rings (SSSR count). The van der Waals surface area contributed by atoms with E-state index in [1.807, 2.05) is 0 Å². The van der Waals surface area contributed by atoms with Crippen molar-refractivity contribution in [1.82, 2.24) is 20.0 Å². The summed E-state index contributed by atoms with van der Waals surface area (Å²) in [6.07, 6.45) is 5.71. The zero-order valence-corrected chi connectivity index (χ0v) is 16.8. The molecule has 0 aromatic carbocycles. The summed E-state index contributed by atoms with van der Waals surface area (Å²) >= 11 is 0. The molecule has 0 spiro atoms. The van der Waals surface area contributed by atoms with Crippen molar-refractivity contribution in [3.05, 3.63) is 42.3 Å². The maximum Gasteiger partial charge on any atom is 0.270 e. The highest BCUT2D eigenvalue weighted by Gasteiger charge is 2.46. The molecule has 30 heavy (non-hydrogen) atoms. The Kier molecular flexibility index (Phi) is 6.48. The molecule has 2 heterocycles. The Balaban J connectivity index is 1.62. The number of carbonyl (C=O) groups is 3. The summed E-state index contributed by atoms with van der Waals surface area (Å²) in [6, 6.07) is -0.782. The van der Waals surface area contributed by atoms with Gasteiger partial charge >= 0.3 is 0 Å². The first-order valence-corrected chi connectivity index (χ1v) is 10.1. The van der Waals surface area contributed by atoms with Crippen LogP contribution in [0.1, 0.15) is 47.4 Å². The normalized spacial score (nSPS) is 19.8. The van der Waals surface area contributed by atoms with Crippen molar-refractivity contribution in [2.24, 2.45) is 0 Å². The van der Waals surface area contributed by atoms with Gasteiger partial charge in [0.15, 0.2) is 0 Å². The van der Waals surface area contributed by atoms with Crippen LogP contribution >= 0.6 is 0 Å². The molecule has 1 saturated heterocycles. The molecule has 1 aromatic heterocycles. The number of fused-ring (bicyclic) bond motifs is 1. The average molecular weight is 420 g/mol. The van der Waals surface area contributed by atoms with E-state index in [2.05, 4.69) is 23.6 Å². The van der Waals surface area contributed by atoms with Crippen LogP contribution in [0.4, 0.5) is 8.78 Å². The Morgan fingerprint density at radius 1 is 1.17 bits per heavy atom. The van der Waals surface area contributed by atoms with Gasteiger partial charge in [-0.3, -0.25) is 14.4 Å². The van der Waals surface area contributed by atoms with Gasteiger partial charge in [-0.25, -0.2) is 13.5 Å². The largest absolute Gasteiger partial charge is 0.354 e. The third-order valence-corrected chi connectivity index (χ3v) is 5.60. The van der Waals surface area contributed by atoms with Gasteiger partial charge in [0.05, 0.1) is 24.0 Å². The van der Waals surface area contributed by atoms with Crippen LogP contribution in [0.3, 0.4) is 0 Å². The summed E-state index contributed by atoms with van der Waals surface area (Å²) in [5.74, 6) is -4.24. The maximum absolute atomic E-state index is 13.7. The van der Waals surface area contributed by atoms with E-state index < -0.39 is 30.8 Å². The lowest BCUT2D eigenvalue weighted by molar-refractivity contribution is -0.128. The van der Waals surface area contributed by atoms with Gasteiger partial charge in [0.2, 0.25) is 11.8 Å². The van der Waals surface area contributed by atoms with E-state index in [9.17, 15) is 23.2 Å². The second-order valence-corrected chi connectivity index (χ2v) is 7.72. The lowest BCUT2D eigenvalue weighted by Gasteiger charge is -2.22. The molecule has 1 aliphatic heterocycles. The molecule has 0 bridgehead atoms. The monoisotopic (exact) mass is 420 g/mol. The standard InChI is InChI=1S/C21H26F2N4O3/c1-3-19(29)26-13-21(22,23)11-14(26)12-24-18(28)10-9-17-15-7-5-6-8-16(15)25-27(17)20(30)4-2/h3-4,14H,1-2,5-13H2,(H,24,28)/t14-/m0/s1. The topological polar surface area (TPSA) is 84.3 Å². The number of amides is 2. The second kappa shape index (κ2) is 8.89. The predicted octanol–water partition coefficient (Wildman–Crippen LogP) is 2.06. The summed E-state index contributed by atoms with van der Waals surface area (Å²) < 4.78 is 28.8. The minimum atomic E-state index is -2.98. The number of allylic oxidation sites excluding steroid dienone is 1. The quantitative estimate of drug-likeness (QED) is 0.685. The van der Waals surface area contributed by atoms with Crippen LogP contribution in [0, 0.1) is 0 Å². The van der Waals surface area contributed by atoms with Crippen LogP contribution in [0.5, 0.6) is 0 Å². The second-order valence-electron chi connectivity index (χ2n) is 7.72. The van der Waals surface area contributed by atoms with Gasteiger partial charge in [0.1, 0.15) is 0 Å². The van der Waals surface area contributed by atoms with Gasteiger partial charge < -0.3 is 10.2 Å². The van der Waals surface area contributed by atoms with Crippen LogP contribution < -0.4 is 5.32 Å². The minimum Gasteiger partial charge on any atom is -0.354 e. The van der Waals surface area contributed by atoms with E-state index in [1.165, 1.54) is 10.8 Å². The van der Waals surface area contributed by atoms with Crippen LogP contribution in [-0.2, 0) is 28.9 Å². The summed E-state index contributed by atoms with van der Waals surface area (Å²) in [5, 5.41) is 7.03. The van der Waals surface area contributed by atoms with E-state index in [-0.39, 0.29) is 24.8 Å². The number of nitrogens with one attached hydrogen (secondary N) is 1.